The Balaban J connectivity index is 1.55. The zero-order valence-electron chi connectivity index (χ0n) is 19.4. The van der Waals surface area contributed by atoms with E-state index in [0.717, 1.165) is 11.1 Å². The van der Waals surface area contributed by atoms with Crippen LogP contribution in [0.1, 0.15) is 46.8 Å². The summed E-state index contributed by atoms with van der Waals surface area (Å²) in [4.78, 5) is 48.3. The molecule has 0 radical (unpaired) electrons. The lowest BCUT2D eigenvalue weighted by Crippen LogP contribution is -2.39. The van der Waals surface area contributed by atoms with Gasteiger partial charge in [0.25, 0.3) is 5.91 Å². The van der Waals surface area contributed by atoms with Crippen LogP contribution in [0.15, 0.2) is 45.6 Å². The number of carbonyl (C=O) groups is 3. The van der Waals surface area contributed by atoms with Crippen molar-refractivity contribution in [3.05, 3.63) is 79.1 Å². The van der Waals surface area contributed by atoms with Crippen molar-refractivity contribution in [1.29, 1.82) is 0 Å². The Labute approximate surface area is 211 Å². The van der Waals surface area contributed by atoms with Gasteiger partial charge >= 0.3 is 11.6 Å². The summed E-state index contributed by atoms with van der Waals surface area (Å²) in [6, 6.07) is 9.36. The molecule has 0 spiro atoms. The van der Waals surface area contributed by atoms with E-state index in [1.165, 1.54) is 24.3 Å². The summed E-state index contributed by atoms with van der Waals surface area (Å²) < 4.78 is 10.5. The molecule has 2 N–H and O–H groups in total. The number of benzene rings is 2. The Morgan fingerprint density at radius 2 is 1.77 bits per heavy atom. The number of amides is 2. The minimum Gasteiger partial charge on any atom is -0.459 e. The monoisotopic (exact) mass is 518 g/mol. The topological polar surface area (TPSA) is 115 Å². The first kappa shape index (κ1) is 26.2. The van der Waals surface area contributed by atoms with Crippen LogP contribution in [0.2, 0.25) is 10.0 Å². The number of fused-ring (bicyclic) bond motifs is 1. The summed E-state index contributed by atoms with van der Waals surface area (Å²) in [7, 11) is 0. The summed E-state index contributed by atoms with van der Waals surface area (Å²) in [6.45, 7) is 5.11. The van der Waals surface area contributed by atoms with E-state index in [1.807, 2.05) is 13.0 Å². The lowest BCUT2D eigenvalue weighted by atomic mass is 9.95. The van der Waals surface area contributed by atoms with E-state index in [9.17, 15) is 19.2 Å². The molecule has 2 amide bonds. The van der Waals surface area contributed by atoms with Gasteiger partial charge in [0, 0.05) is 22.0 Å². The third-order valence-corrected chi connectivity index (χ3v) is 5.79. The molecule has 0 bridgehead atoms. The fourth-order valence-corrected chi connectivity index (χ4v) is 4.00. The first-order chi connectivity index (χ1) is 16.5. The van der Waals surface area contributed by atoms with Crippen molar-refractivity contribution in [3.63, 3.8) is 0 Å². The molecule has 0 fully saturated rings. The van der Waals surface area contributed by atoms with Crippen molar-refractivity contribution >= 4 is 52.0 Å². The number of carbonyl (C=O) groups excluding carboxylic acids is 3. The first-order valence-electron chi connectivity index (χ1n) is 10.8. The van der Waals surface area contributed by atoms with Crippen molar-refractivity contribution in [3.8, 4) is 0 Å². The fourth-order valence-electron chi connectivity index (χ4n) is 3.50. The van der Waals surface area contributed by atoms with Crippen molar-refractivity contribution < 1.29 is 23.5 Å². The molecule has 0 aliphatic carbocycles. The van der Waals surface area contributed by atoms with Crippen LogP contribution in [0.4, 0.5) is 0 Å². The SMILES string of the molecule is Cc1cc2oc(=O)cc(COC(=O)CNC(=O)CNC(=O)c3ccc(Cl)cc3Cl)c2cc1C(C)C. The number of ether oxygens (including phenoxy) is 1. The average molecular weight is 519 g/mol. The molecule has 10 heteroatoms. The van der Waals surface area contributed by atoms with E-state index in [0.29, 0.717) is 21.6 Å². The van der Waals surface area contributed by atoms with E-state index in [2.05, 4.69) is 24.5 Å². The van der Waals surface area contributed by atoms with Gasteiger partial charge in [0.2, 0.25) is 5.91 Å². The lowest BCUT2D eigenvalue weighted by Gasteiger charge is -2.13. The zero-order chi connectivity index (χ0) is 25.7. The molecular weight excluding hydrogens is 495 g/mol. The Morgan fingerprint density at radius 3 is 2.46 bits per heavy atom. The smallest absolute Gasteiger partial charge is 0.336 e. The second kappa shape index (κ2) is 11.4. The Kier molecular flexibility index (Phi) is 8.53. The Bertz CT molecular complexity index is 1350. The Morgan fingerprint density at radius 1 is 1.03 bits per heavy atom. The van der Waals surface area contributed by atoms with E-state index in [1.54, 1.807) is 6.07 Å². The minimum atomic E-state index is -0.706. The molecule has 0 saturated carbocycles. The zero-order valence-corrected chi connectivity index (χ0v) is 20.9. The highest BCUT2D eigenvalue weighted by Crippen LogP contribution is 2.27. The van der Waals surface area contributed by atoms with Crippen LogP contribution in [0, 0.1) is 6.92 Å². The van der Waals surface area contributed by atoms with Gasteiger partial charge < -0.3 is 19.8 Å². The van der Waals surface area contributed by atoms with E-state index < -0.39 is 30.0 Å². The minimum absolute atomic E-state index is 0.150. The maximum atomic E-state index is 12.2. The second-order valence-corrected chi connectivity index (χ2v) is 9.04. The van der Waals surface area contributed by atoms with Gasteiger partial charge in [-0.2, -0.15) is 0 Å². The van der Waals surface area contributed by atoms with Gasteiger partial charge in [0.15, 0.2) is 0 Å². The quantitative estimate of drug-likeness (QED) is 0.342. The summed E-state index contributed by atoms with van der Waals surface area (Å²) in [5.74, 6) is -1.60. The number of halogens is 2. The number of nitrogens with one attached hydrogen (secondary N) is 2. The largest absolute Gasteiger partial charge is 0.459 e. The molecule has 3 aromatic rings. The third kappa shape index (κ3) is 6.83. The highest BCUT2D eigenvalue weighted by molar-refractivity contribution is 6.36. The molecule has 0 unspecified atom stereocenters. The molecular formula is C25H24Cl2N2O6. The van der Waals surface area contributed by atoms with Crippen LogP contribution in [-0.4, -0.2) is 30.9 Å². The van der Waals surface area contributed by atoms with Crippen LogP contribution in [0.5, 0.6) is 0 Å². The number of hydrogen-bond acceptors (Lipinski definition) is 6. The molecule has 8 nitrogen and oxygen atoms in total. The van der Waals surface area contributed by atoms with Gasteiger partial charge in [-0.05, 0) is 54.3 Å². The van der Waals surface area contributed by atoms with Gasteiger partial charge in [0.05, 0.1) is 17.1 Å². The predicted molar refractivity (Wildman–Crippen MR) is 133 cm³/mol. The number of esters is 1. The van der Waals surface area contributed by atoms with Crippen LogP contribution in [-0.2, 0) is 20.9 Å². The summed E-state index contributed by atoms with van der Waals surface area (Å²) in [5.41, 5.74) is 2.62. The van der Waals surface area contributed by atoms with Crippen LogP contribution < -0.4 is 16.3 Å². The number of hydrogen-bond donors (Lipinski definition) is 2. The standard InChI is InChI=1S/C25H24Cl2N2O6/c1-13(2)18-9-19-15(7-23(31)35-21(19)6-14(18)3)12-34-24(32)11-28-22(30)10-29-25(33)17-5-4-16(26)8-20(17)27/h4-9,13H,10-12H2,1-3H3,(H,28,30)(H,29,33). The van der Waals surface area contributed by atoms with Crippen LogP contribution in [0.3, 0.4) is 0 Å². The number of aryl methyl sites for hydroxylation is 1. The molecule has 1 aromatic heterocycles. The van der Waals surface area contributed by atoms with E-state index >= 15 is 0 Å². The number of rotatable bonds is 8. The lowest BCUT2D eigenvalue weighted by molar-refractivity contribution is -0.145. The first-order valence-corrected chi connectivity index (χ1v) is 11.5. The fraction of sp³-hybridized carbons (Fsp3) is 0.280. The molecule has 0 saturated heterocycles. The normalized spacial score (nSPS) is 10.9. The van der Waals surface area contributed by atoms with Crippen molar-refractivity contribution in [2.45, 2.75) is 33.3 Å². The van der Waals surface area contributed by atoms with E-state index in [4.69, 9.17) is 32.4 Å². The highest BCUT2D eigenvalue weighted by atomic mass is 35.5. The van der Waals surface area contributed by atoms with Gasteiger partial charge in [-0.25, -0.2) is 4.79 Å². The van der Waals surface area contributed by atoms with Gasteiger partial charge in [0.1, 0.15) is 18.7 Å². The van der Waals surface area contributed by atoms with Gasteiger partial charge in [-0.3, -0.25) is 14.4 Å². The van der Waals surface area contributed by atoms with Crippen molar-refractivity contribution in [2.75, 3.05) is 13.1 Å². The van der Waals surface area contributed by atoms with Gasteiger partial charge in [-0.15, -0.1) is 0 Å². The summed E-state index contributed by atoms with van der Waals surface area (Å²) >= 11 is 11.8. The summed E-state index contributed by atoms with van der Waals surface area (Å²) in [5, 5.41) is 5.98. The molecule has 0 atom stereocenters. The molecule has 2 aromatic carbocycles. The molecule has 0 aliphatic rings. The predicted octanol–water partition coefficient (Wildman–Crippen LogP) is 4.12. The molecule has 35 heavy (non-hydrogen) atoms. The Hall–Kier alpha value is -3.36. The average Bonchev–Trinajstić information content (AvgIpc) is 2.78. The molecule has 0 aliphatic heterocycles. The maximum Gasteiger partial charge on any atom is 0.336 e. The van der Waals surface area contributed by atoms with E-state index in [-0.39, 0.29) is 29.7 Å². The van der Waals surface area contributed by atoms with Gasteiger partial charge in [-0.1, -0.05) is 37.0 Å². The molecule has 3 rings (SSSR count). The third-order valence-electron chi connectivity index (χ3n) is 5.24. The molecule has 184 valence electrons. The van der Waals surface area contributed by atoms with Crippen molar-refractivity contribution in [2.24, 2.45) is 0 Å². The molecule has 1 heterocycles. The van der Waals surface area contributed by atoms with Crippen LogP contribution >= 0.6 is 23.2 Å². The van der Waals surface area contributed by atoms with Crippen molar-refractivity contribution in [1.82, 2.24) is 10.6 Å². The maximum absolute atomic E-state index is 12.2. The van der Waals surface area contributed by atoms with Crippen LogP contribution in [0.25, 0.3) is 11.0 Å². The second-order valence-electron chi connectivity index (χ2n) is 8.19. The summed E-state index contributed by atoms with van der Waals surface area (Å²) in [6.07, 6.45) is 0. The highest BCUT2D eigenvalue weighted by Gasteiger charge is 2.15.